The maximum Gasteiger partial charge on any atom is 0.225 e. The van der Waals surface area contributed by atoms with Crippen molar-refractivity contribution in [2.45, 2.75) is 19.4 Å². The van der Waals surface area contributed by atoms with E-state index >= 15 is 0 Å². The number of rotatable bonds is 7. The number of benzene rings is 2. The van der Waals surface area contributed by atoms with E-state index in [4.69, 9.17) is 4.74 Å². The molecule has 0 saturated carbocycles. The molecule has 0 bridgehead atoms. The van der Waals surface area contributed by atoms with Gasteiger partial charge in [0.15, 0.2) is 5.78 Å². The highest BCUT2D eigenvalue weighted by Gasteiger charge is 2.21. The van der Waals surface area contributed by atoms with Crippen LogP contribution in [0.15, 0.2) is 60.9 Å². The second kappa shape index (κ2) is 8.52. The Labute approximate surface area is 164 Å². The summed E-state index contributed by atoms with van der Waals surface area (Å²) in [5, 5.41) is 3.06. The second-order valence-electron chi connectivity index (χ2n) is 6.57. The van der Waals surface area contributed by atoms with E-state index in [2.05, 4.69) is 10.3 Å². The average molecular weight is 377 g/mol. The molecule has 3 rings (SSSR count). The summed E-state index contributed by atoms with van der Waals surface area (Å²) >= 11 is 0. The first-order valence-electron chi connectivity index (χ1n) is 8.99. The summed E-state index contributed by atoms with van der Waals surface area (Å²) in [6, 6.07) is 14.4. The first-order chi connectivity index (χ1) is 13.5. The van der Waals surface area contributed by atoms with Gasteiger partial charge < -0.3 is 14.6 Å². The van der Waals surface area contributed by atoms with Crippen LogP contribution in [0.1, 0.15) is 40.3 Å². The van der Waals surface area contributed by atoms with Crippen molar-refractivity contribution in [3.63, 3.8) is 0 Å². The fraction of sp³-hybridized carbons (Fsp3) is 0.227. The van der Waals surface area contributed by atoms with Gasteiger partial charge >= 0.3 is 0 Å². The van der Waals surface area contributed by atoms with E-state index < -0.39 is 0 Å². The number of hydrogen-bond acceptors (Lipinski definition) is 4. The van der Waals surface area contributed by atoms with Crippen molar-refractivity contribution in [3.8, 4) is 5.75 Å². The van der Waals surface area contributed by atoms with Crippen LogP contribution in [0.3, 0.4) is 0 Å². The average Bonchev–Trinajstić information content (AvgIpc) is 3.12. The molecule has 1 heterocycles. The van der Waals surface area contributed by atoms with Crippen molar-refractivity contribution in [1.29, 1.82) is 0 Å². The van der Waals surface area contributed by atoms with E-state index in [9.17, 15) is 9.59 Å². The highest BCUT2D eigenvalue weighted by atomic mass is 16.5. The zero-order chi connectivity index (χ0) is 20.1. The lowest BCUT2D eigenvalue weighted by Gasteiger charge is -2.19. The molecule has 6 nitrogen and oxygen atoms in total. The number of aromatic nitrogens is 2. The molecular formula is C22H23N3O3. The van der Waals surface area contributed by atoms with Crippen molar-refractivity contribution in [1.82, 2.24) is 14.9 Å². The van der Waals surface area contributed by atoms with Gasteiger partial charge in [-0.2, -0.15) is 0 Å². The van der Waals surface area contributed by atoms with Crippen LogP contribution >= 0.6 is 0 Å². The first-order valence-corrected chi connectivity index (χ1v) is 8.99. The Morgan fingerprint density at radius 1 is 1.18 bits per heavy atom. The number of methoxy groups -OCH3 is 1. The van der Waals surface area contributed by atoms with Crippen molar-refractivity contribution < 1.29 is 14.3 Å². The largest absolute Gasteiger partial charge is 0.496 e. The molecule has 28 heavy (non-hydrogen) atoms. The van der Waals surface area contributed by atoms with Crippen molar-refractivity contribution in [2.75, 3.05) is 7.11 Å². The standard InChI is InChI=1S/C22H23N3O3/c1-15(26)17-9-10-19(28-3)18(13-17)14-20(27)24-21(16-7-5-4-6-8-16)22-23-11-12-25(22)2/h4-13,21H,14H2,1-3H3,(H,24,27). The summed E-state index contributed by atoms with van der Waals surface area (Å²) in [5.74, 6) is 1.08. The summed E-state index contributed by atoms with van der Waals surface area (Å²) in [6.45, 7) is 1.50. The van der Waals surface area contributed by atoms with Gasteiger partial charge in [0.05, 0.1) is 13.5 Å². The SMILES string of the molecule is COc1ccc(C(C)=O)cc1CC(=O)NC(c1ccccc1)c1nccn1C. The third-order valence-electron chi connectivity index (χ3n) is 4.59. The fourth-order valence-electron chi connectivity index (χ4n) is 3.12. The summed E-state index contributed by atoms with van der Waals surface area (Å²) in [7, 11) is 3.44. The van der Waals surface area contributed by atoms with Crippen LogP contribution in [-0.4, -0.2) is 28.4 Å². The number of amides is 1. The van der Waals surface area contributed by atoms with E-state index in [1.807, 2.05) is 48.1 Å². The summed E-state index contributed by atoms with van der Waals surface area (Å²) < 4.78 is 7.24. The predicted molar refractivity (Wildman–Crippen MR) is 106 cm³/mol. The molecular weight excluding hydrogens is 354 g/mol. The van der Waals surface area contributed by atoms with E-state index in [1.165, 1.54) is 6.92 Å². The molecule has 0 aliphatic heterocycles. The van der Waals surface area contributed by atoms with Gasteiger partial charge in [0.1, 0.15) is 17.6 Å². The van der Waals surface area contributed by atoms with Gasteiger partial charge in [-0.3, -0.25) is 9.59 Å². The van der Waals surface area contributed by atoms with Gasteiger partial charge in [0.25, 0.3) is 0 Å². The molecule has 0 aliphatic rings. The normalized spacial score (nSPS) is 11.7. The molecule has 1 atom stereocenters. The van der Waals surface area contributed by atoms with E-state index in [1.54, 1.807) is 31.5 Å². The Kier molecular flexibility index (Phi) is 5.89. The highest BCUT2D eigenvalue weighted by molar-refractivity contribution is 5.94. The molecule has 0 saturated heterocycles. The Balaban J connectivity index is 1.86. The Hall–Kier alpha value is -3.41. The number of aryl methyl sites for hydroxylation is 1. The number of imidazole rings is 1. The van der Waals surface area contributed by atoms with E-state index in [0.29, 0.717) is 16.9 Å². The van der Waals surface area contributed by atoms with E-state index in [0.717, 1.165) is 11.4 Å². The monoisotopic (exact) mass is 377 g/mol. The maximum absolute atomic E-state index is 12.9. The van der Waals surface area contributed by atoms with Gasteiger partial charge in [-0.05, 0) is 30.7 Å². The van der Waals surface area contributed by atoms with Crippen LogP contribution < -0.4 is 10.1 Å². The Morgan fingerprint density at radius 3 is 2.54 bits per heavy atom. The minimum Gasteiger partial charge on any atom is -0.496 e. The molecule has 6 heteroatoms. The number of Topliss-reactive ketones (excluding diaryl/α,β-unsaturated/α-hetero) is 1. The zero-order valence-electron chi connectivity index (χ0n) is 16.2. The number of ketones is 1. The summed E-state index contributed by atoms with van der Waals surface area (Å²) in [5.41, 5.74) is 2.15. The topological polar surface area (TPSA) is 73.2 Å². The Morgan fingerprint density at radius 2 is 1.93 bits per heavy atom. The van der Waals surface area contributed by atoms with Crippen molar-refractivity contribution >= 4 is 11.7 Å². The smallest absolute Gasteiger partial charge is 0.225 e. The molecule has 1 amide bonds. The lowest BCUT2D eigenvalue weighted by Crippen LogP contribution is -2.32. The van der Waals surface area contributed by atoms with Crippen molar-refractivity contribution in [2.24, 2.45) is 7.05 Å². The number of nitrogens with zero attached hydrogens (tertiary/aromatic N) is 2. The number of ether oxygens (including phenoxy) is 1. The van der Waals surface area contributed by atoms with Crippen LogP contribution in [0.4, 0.5) is 0 Å². The fourth-order valence-corrected chi connectivity index (χ4v) is 3.12. The third kappa shape index (κ3) is 4.28. The third-order valence-corrected chi connectivity index (χ3v) is 4.59. The van der Waals surface area contributed by atoms with Crippen molar-refractivity contribution in [3.05, 3.63) is 83.4 Å². The van der Waals surface area contributed by atoms with Crippen LogP contribution in [0, 0.1) is 0 Å². The van der Waals surface area contributed by atoms with Gasteiger partial charge in [-0.1, -0.05) is 30.3 Å². The van der Waals surface area contributed by atoms with Crippen LogP contribution in [-0.2, 0) is 18.3 Å². The molecule has 0 spiro atoms. The zero-order valence-corrected chi connectivity index (χ0v) is 16.2. The number of carbonyl (C=O) groups is 2. The van der Waals surface area contributed by atoms with Crippen LogP contribution in [0.25, 0.3) is 0 Å². The molecule has 2 aromatic carbocycles. The molecule has 3 aromatic rings. The molecule has 1 N–H and O–H groups in total. The first kappa shape index (κ1) is 19.4. The maximum atomic E-state index is 12.9. The molecule has 0 radical (unpaired) electrons. The van der Waals surface area contributed by atoms with Gasteiger partial charge in [-0.25, -0.2) is 4.98 Å². The molecule has 1 aromatic heterocycles. The lowest BCUT2D eigenvalue weighted by molar-refractivity contribution is -0.121. The minimum atomic E-state index is -0.379. The quantitative estimate of drug-likeness (QED) is 0.642. The number of carbonyl (C=O) groups excluding carboxylic acids is 2. The molecule has 1 unspecified atom stereocenters. The number of nitrogens with one attached hydrogen (secondary N) is 1. The second-order valence-corrected chi connectivity index (χ2v) is 6.57. The highest BCUT2D eigenvalue weighted by Crippen LogP contribution is 2.23. The summed E-state index contributed by atoms with van der Waals surface area (Å²) in [4.78, 5) is 29.0. The van der Waals surface area contributed by atoms with Gasteiger partial charge in [0, 0.05) is 30.6 Å². The lowest BCUT2D eigenvalue weighted by atomic mass is 10.0. The Bertz CT molecular complexity index is 980. The summed E-state index contributed by atoms with van der Waals surface area (Å²) in [6.07, 6.45) is 3.64. The molecule has 0 aliphatic carbocycles. The van der Waals surface area contributed by atoms with Crippen LogP contribution in [0.2, 0.25) is 0 Å². The number of hydrogen-bond donors (Lipinski definition) is 1. The minimum absolute atomic E-state index is 0.0560. The van der Waals surface area contributed by atoms with E-state index in [-0.39, 0.29) is 24.2 Å². The molecule has 144 valence electrons. The van der Waals surface area contributed by atoms with Crippen LogP contribution in [0.5, 0.6) is 5.75 Å². The molecule has 0 fully saturated rings. The van der Waals surface area contributed by atoms with Gasteiger partial charge in [-0.15, -0.1) is 0 Å². The van der Waals surface area contributed by atoms with Gasteiger partial charge in [0.2, 0.25) is 5.91 Å². The predicted octanol–water partition coefficient (Wildman–Crippen LogP) is 3.08.